The Bertz CT molecular complexity index is 176. The summed E-state index contributed by atoms with van der Waals surface area (Å²) in [5.74, 6) is 0.380. The van der Waals surface area contributed by atoms with Crippen molar-refractivity contribution in [1.82, 2.24) is 0 Å². The van der Waals surface area contributed by atoms with Crippen molar-refractivity contribution >= 4 is 5.97 Å². The summed E-state index contributed by atoms with van der Waals surface area (Å²) < 4.78 is 5.30. The van der Waals surface area contributed by atoms with Crippen molar-refractivity contribution in [2.45, 2.75) is 78.7 Å². The number of ether oxygens (including phenoxy) is 1. The third-order valence-corrected chi connectivity index (χ3v) is 2.99. The highest BCUT2D eigenvalue weighted by atomic mass is 16.5. The fraction of sp³-hybridized carbons (Fsp3) is 0.929. The number of hydrogen-bond donors (Lipinski definition) is 0. The largest absolute Gasteiger partial charge is 0.462 e. The van der Waals surface area contributed by atoms with Crippen molar-refractivity contribution in [1.29, 1.82) is 0 Å². The van der Waals surface area contributed by atoms with E-state index in [9.17, 15) is 4.79 Å². The minimum Gasteiger partial charge on any atom is -0.462 e. The summed E-state index contributed by atoms with van der Waals surface area (Å²) in [6.45, 7) is 8.32. The quantitative estimate of drug-likeness (QED) is 0.434. The van der Waals surface area contributed by atoms with E-state index in [1.54, 1.807) is 0 Å². The van der Waals surface area contributed by atoms with Crippen LogP contribution in [0.5, 0.6) is 0 Å². The molecule has 0 saturated heterocycles. The summed E-state index contributed by atoms with van der Waals surface area (Å²) >= 11 is 0. The van der Waals surface area contributed by atoms with Gasteiger partial charge in [-0.15, -0.1) is 0 Å². The second-order valence-electron chi connectivity index (χ2n) is 4.96. The van der Waals surface area contributed by atoms with Crippen LogP contribution in [0.15, 0.2) is 0 Å². The Morgan fingerprint density at radius 1 is 1.00 bits per heavy atom. The molecule has 0 heterocycles. The molecule has 0 fully saturated rings. The minimum atomic E-state index is -0.0308. The topological polar surface area (TPSA) is 26.3 Å². The number of carbonyl (C=O) groups excluding carboxylic acids is 1. The molecule has 0 aromatic carbocycles. The summed E-state index contributed by atoms with van der Waals surface area (Å²) in [6.07, 6.45) is 7.91. The molecular weight excluding hydrogens is 200 g/mol. The minimum absolute atomic E-state index is 0.0308. The van der Waals surface area contributed by atoms with Crippen LogP contribution in [0.4, 0.5) is 0 Å². The third kappa shape index (κ3) is 8.75. The smallest absolute Gasteiger partial charge is 0.306 e. The SMILES string of the molecule is CCCCCCCCC(=O)OC(C)C(C)C. The summed E-state index contributed by atoms with van der Waals surface area (Å²) in [4.78, 5) is 11.4. The van der Waals surface area contributed by atoms with E-state index in [4.69, 9.17) is 4.74 Å². The van der Waals surface area contributed by atoms with Gasteiger partial charge in [-0.3, -0.25) is 4.79 Å². The molecule has 0 aliphatic carbocycles. The average molecular weight is 228 g/mol. The second-order valence-corrected chi connectivity index (χ2v) is 4.96. The van der Waals surface area contributed by atoms with Gasteiger partial charge in [0.15, 0.2) is 0 Å². The summed E-state index contributed by atoms with van der Waals surface area (Å²) in [6, 6.07) is 0. The maximum absolute atomic E-state index is 11.4. The van der Waals surface area contributed by atoms with E-state index in [1.165, 1.54) is 25.7 Å². The van der Waals surface area contributed by atoms with Gasteiger partial charge in [0.2, 0.25) is 0 Å². The maximum atomic E-state index is 11.4. The molecule has 0 aliphatic heterocycles. The molecule has 2 heteroatoms. The van der Waals surface area contributed by atoms with E-state index in [2.05, 4.69) is 20.8 Å². The molecule has 0 bridgehead atoms. The predicted octanol–water partition coefficient (Wildman–Crippen LogP) is 4.32. The van der Waals surface area contributed by atoms with Crippen LogP contribution in [-0.2, 0) is 9.53 Å². The first-order valence-electron chi connectivity index (χ1n) is 6.77. The van der Waals surface area contributed by atoms with Crippen LogP contribution in [0, 0.1) is 5.92 Å². The lowest BCUT2D eigenvalue weighted by molar-refractivity contribution is -0.150. The highest BCUT2D eigenvalue weighted by Crippen LogP contribution is 2.10. The van der Waals surface area contributed by atoms with Gasteiger partial charge in [-0.25, -0.2) is 0 Å². The molecule has 0 aliphatic rings. The van der Waals surface area contributed by atoms with Crippen LogP contribution in [-0.4, -0.2) is 12.1 Å². The van der Waals surface area contributed by atoms with Crippen molar-refractivity contribution in [3.8, 4) is 0 Å². The van der Waals surface area contributed by atoms with Crippen LogP contribution < -0.4 is 0 Å². The first kappa shape index (κ1) is 15.5. The van der Waals surface area contributed by atoms with Gasteiger partial charge in [0.05, 0.1) is 0 Å². The van der Waals surface area contributed by atoms with Gasteiger partial charge in [-0.2, -0.15) is 0 Å². The first-order valence-corrected chi connectivity index (χ1v) is 6.77. The molecule has 0 rings (SSSR count). The summed E-state index contributed by atoms with van der Waals surface area (Å²) in [7, 11) is 0. The van der Waals surface area contributed by atoms with Gasteiger partial charge >= 0.3 is 5.97 Å². The van der Waals surface area contributed by atoms with E-state index in [0.717, 1.165) is 12.8 Å². The lowest BCUT2D eigenvalue weighted by atomic mass is 10.1. The van der Waals surface area contributed by atoms with Crippen molar-refractivity contribution in [2.24, 2.45) is 5.92 Å². The molecule has 1 atom stereocenters. The zero-order chi connectivity index (χ0) is 12.4. The normalized spacial score (nSPS) is 12.8. The van der Waals surface area contributed by atoms with Gasteiger partial charge in [0.25, 0.3) is 0 Å². The number of unbranched alkanes of at least 4 members (excludes halogenated alkanes) is 5. The Morgan fingerprint density at radius 2 is 1.56 bits per heavy atom. The molecule has 0 amide bonds. The van der Waals surface area contributed by atoms with Gasteiger partial charge in [0.1, 0.15) is 6.10 Å². The third-order valence-electron chi connectivity index (χ3n) is 2.99. The van der Waals surface area contributed by atoms with Crippen LogP contribution >= 0.6 is 0 Å². The van der Waals surface area contributed by atoms with E-state index in [0.29, 0.717) is 12.3 Å². The van der Waals surface area contributed by atoms with Crippen molar-refractivity contribution in [3.63, 3.8) is 0 Å². The van der Waals surface area contributed by atoms with Crippen LogP contribution in [0.2, 0.25) is 0 Å². The predicted molar refractivity (Wildman–Crippen MR) is 68.4 cm³/mol. The van der Waals surface area contributed by atoms with E-state index in [1.807, 2.05) is 6.92 Å². The number of carbonyl (C=O) groups is 1. The highest BCUT2D eigenvalue weighted by Gasteiger charge is 2.12. The Balaban J connectivity index is 3.37. The molecule has 0 spiro atoms. The standard InChI is InChI=1S/C14H28O2/c1-5-6-7-8-9-10-11-14(15)16-13(4)12(2)3/h12-13H,5-11H2,1-4H3. The molecule has 96 valence electrons. The van der Waals surface area contributed by atoms with Gasteiger partial charge in [0, 0.05) is 6.42 Å². The number of hydrogen-bond acceptors (Lipinski definition) is 2. The van der Waals surface area contributed by atoms with Crippen molar-refractivity contribution in [3.05, 3.63) is 0 Å². The monoisotopic (exact) mass is 228 g/mol. The van der Waals surface area contributed by atoms with Gasteiger partial charge < -0.3 is 4.74 Å². The zero-order valence-electron chi connectivity index (χ0n) is 11.4. The molecular formula is C14H28O2. The average Bonchev–Trinajstić information content (AvgIpc) is 2.23. The van der Waals surface area contributed by atoms with Gasteiger partial charge in [-0.1, -0.05) is 52.9 Å². The Labute approximate surface area is 101 Å². The molecule has 0 N–H and O–H groups in total. The van der Waals surface area contributed by atoms with Crippen LogP contribution in [0.25, 0.3) is 0 Å². The van der Waals surface area contributed by atoms with E-state index in [-0.39, 0.29) is 12.1 Å². The van der Waals surface area contributed by atoms with E-state index < -0.39 is 0 Å². The number of rotatable bonds is 9. The van der Waals surface area contributed by atoms with Gasteiger partial charge in [-0.05, 0) is 19.3 Å². The summed E-state index contributed by atoms with van der Waals surface area (Å²) in [5.41, 5.74) is 0. The maximum Gasteiger partial charge on any atom is 0.306 e. The van der Waals surface area contributed by atoms with Crippen molar-refractivity contribution in [2.75, 3.05) is 0 Å². The molecule has 1 unspecified atom stereocenters. The van der Waals surface area contributed by atoms with E-state index >= 15 is 0 Å². The van der Waals surface area contributed by atoms with Crippen LogP contribution in [0.3, 0.4) is 0 Å². The summed E-state index contributed by atoms with van der Waals surface area (Å²) in [5, 5.41) is 0. The number of esters is 1. The molecule has 0 radical (unpaired) electrons. The highest BCUT2D eigenvalue weighted by molar-refractivity contribution is 5.69. The molecule has 0 aromatic rings. The molecule has 0 aromatic heterocycles. The fourth-order valence-corrected chi connectivity index (χ4v) is 1.45. The molecule has 16 heavy (non-hydrogen) atoms. The second kappa shape index (κ2) is 9.68. The lowest BCUT2D eigenvalue weighted by Gasteiger charge is -2.16. The first-order chi connectivity index (χ1) is 7.57. The Morgan fingerprint density at radius 3 is 2.12 bits per heavy atom. The Hall–Kier alpha value is -0.530. The van der Waals surface area contributed by atoms with Crippen molar-refractivity contribution < 1.29 is 9.53 Å². The molecule has 2 nitrogen and oxygen atoms in total. The fourth-order valence-electron chi connectivity index (χ4n) is 1.45. The zero-order valence-corrected chi connectivity index (χ0v) is 11.4. The lowest BCUT2D eigenvalue weighted by Crippen LogP contribution is -2.19. The van der Waals surface area contributed by atoms with Crippen LogP contribution in [0.1, 0.15) is 72.6 Å². The molecule has 0 saturated carbocycles. The Kier molecular flexibility index (Phi) is 9.36.